The lowest BCUT2D eigenvalue weighted by molar-refractivity contribution is 0.213. The summed E-state index contributed by atoms with van der Waals surface area (Å²) in [5.74, 6) is 0.705. The van der Waals surface area contributed by atoms with Crippen molar-refractivity contribution in [2.45, 2.75) is 6.92 Å². The van der Waals surface area contributed by atoms with E-state index < -0.39 is 0 Å². The van der Waals surface area contributed by atoms with Gasteiger partial charge in [-0.25, -0.2) is 0 Å². The minimum atomic E-state index is 0.698. The normalized spacial score (nSPS) is 11.8. The lowest BCUT2D eigenvalue weighted by Gasteiger charge is -2.03. The maximum atomic E-state index is 5.86. The summed E-state index contributed by atoms with van der Waals surface area (Å²) >= 11 is 0. The van der Waals surface area contributed by atoms with Crippen molar-refractivity contribution in [3.8, 4) is 0 Å². The van der Waals surface area contributed by atoms with E-state index in [0.717, 1.165) is 16.5 Å². The third kappa shape index (κ3) is 2.30. The SMILES string of the molecule is CO/N=C(\c1ccc(C)cc1)c1cc2ccccc2o1. The molecule has 0 bridgehead atoms. The number of benzene rings is 2. The highest BCUT2D eigenvalue weighted by atomic mass is 16.6. The van der Waals surface area contributed by atoms with Crippen molar-refractivity contribution in [3.63, 3.8) is 0 Å². The van der Waals surface area contributed by atoms with E-state index in [0.29, 0.717) is 11.5 Å². The van der Waals surface area contributed by atoms with E-state index in [9.17, 15) is 0 Å². The second-order valence-corrected chi connectivity index (χ2v) is 4.64. The summed E-state index contributed by atoms with van der Waals surface area (Å²) in [7, 11) is 1.54. The zero-order valence-electron chi connectivity index (χ0n) is 11.5. The number of oxime groups is 1. The van der Waals surface area contributed by atoms with Gasteiger partial charge >= 0.3 is 0 Å². The molecule has 3 nitrogen and oxygen atoms in total. The van der Waals surface area contributed by atoms with E-state index >= 15 is 0 Å². The number of fused-ring (bicyclic) bond motifs is 1. The van der Waals surface area contributed by atoms with Gasteiger partial charge in [-0.05, 0) is 19.1 Å². The average molecular weight is 265 g/mol. The third-order valence-corrected chi connectivity index (χ3v) is 3.17. The molecule has 3 aromatic rings. The van der Waals surface area contributed by atoms with Crippen molar-refractivity contribution in [2.75, 3.05) is 7.11 Å². The largest absolute Gasteiger partial charge is 0.454 e. The molecule has 0 N–H and O–H groups in total. The van der Waals surface area contributed by atoms with Gasteiger partial charge < -0.3 is 9.25 Å². The fourth-order valence-electron chi connectivity index (χ4n) is 2.14. The quantitative estimate of drug-likeness (QED) is 0.527. The number of hydrogen-bond acceptors (Lipinski definition) is 3. The van der Waals surface area contributed by atoms with Crippen LogP contribution in [0.15, 0.2) is 64.2 Å². The van der Waals surface area contributed by atoms with Crippen molar-refractivity contribution in [1.82, 2.24) is 0 Å². The summed E-state index contributed by atoms with van der Waals surface area (Å²) in [6.45, 7) is 2.05. The Bertz CT molecular complexity index is 721. The van der Waals surface area contributed by atoms with Gasteiger partial charge in [-0.3, -0.25) is 0 Å². The van der Waals surface area contributed by atoms with Crippen LogP contribution in [0.25, 0.3) is 11.0 Å². The molecule has 100 valence electrons. The van der Waals surface area contributed by atoms with Crippen LogP contribution in [-0.4, -0.2) is 12.8 Å². The molecule has 0 spiro atoms. The molecule has 0 radical (unpaired) electrons. The molecule has 0 saturated heterocycles. The first-order valence-corrected chi connectivity index (χ1v) is 6.45. The first-order valence-electron chi connectivity index (χ1n) is 6.45. The molecule has 1 aromatic heterocycles. The summed E-state index contributed by atoms with van der Waals surface area (Å²) in [5, 5.41) is 5.17. The van der Waals surface area contributed by atoms with Crippen molar-refractivity contribution in [3.05, 3.63) is 71.5 Å². The minimum Gasteiger partial charge on any atom is -0.454 e. The van der Waals surface area contributed by atoms with Crippen LogP contribution >= 0.6 is 0 Å². The Kier molecular flexibility index (Phi) is 3.25. The first-order chi connectivity index (χ1) is 9.78. The fourth-order valence-corrected chi connectivity index (χ4v) is 2.14. The highest BCUT2D eigenvalue weighted by Crippen LogP contribution is 2.22. The van der Waals surface area contributed by atoms with Crippen molar-refractivity contribution in [2.24, 2.45) is 5.16 Å². The predicted molar refractivity (Wildman–Crippen MR) is 80.0 cm³/mol. The Hall–Kier alpha value is -2.55. The van der Waals surface area contributed by atoms with Crippen LogP contribution in [0.2, 0.25) is 0 Å². The van der Waals surface area contributed by atoms with Gasteiger partial charge in [0.1, 0.15) is 12.7 Å². The van der Waals surface area contributed by atoms with Crippen molar-refractivity contribution in [1.29, 1.82) is 0 Å². The molecule has 20 heavy (non-hydrogen) atoms. The lowest BCUT2D eigenvalue weighted by Crippen LogP contribution is -2.02. The number of furan rings is 1. The standard InChI is InChI=1S/C17H15NO2/c1-12-7-9-13(10-8-12)17(18-19-2)16-11-14-5-3-4-6-15(14)20-16/h3-11H,1-2H3/b18-17+. The molecule has 0 fully saturated rings. The van der Waals surface area contributed by atoms with E-state index in [2.05, 4.69) is 12.1 Å². The van der Waals surface area contributed by atoms with E-state index in [1.165, 1.54) is 12.7 Å². The van der Waals surface area contributed by atoms with Crippen molar-refractivity contribution >= 4 is 16.7 Å². The summed E-state index contributed by atoms with van der Waals surface area (Å²) in [4.78, 5) is 4.97. The maximum Gasteiger partial charge on any atom is 0.157 e. The monoisotopic (exact) mass is 265 g/mol. The Morgan fingerprint density at radius 2 is 1.80 bits per heavy atom. The van der Waals surface area contributed by atoms with Crippen LogP contribution in [0.5, 0.6) is 0 Å². The maximum absolute atomic E-state index is 5.86. The van der Waals surface area contributed by atoms with Crippen LogP contribution in [0.1, 0.15) is 16.9 Å². The number of nitrogens with zero attached hydrogens (tertiary/aromatic N) is 1. The van der Waals surface area contributed by atoms with Gasteiger partial charge in [-0.2, -0.15) is 0 Å². The Morgan fingerprint density at radius 3 is 2.50 bits per heavy atom. The number of rotatable bonds is 3. The number of para-hydroxylation sites is 1. The van der Waals surface area contributed by atoms with Crippen LogP contribution in [0.3, 0.4) is 0 Å². The predicted octanol–water partition coefficient (Wildman–Crippen LogP) is 4.14. The van der Waals surface area contributed by atoms with E-state index in [4.69, 9.17) is 9.25 Å². The minimum absolute atomic E-state index is 0.698. The third-order valence-electron chi connectivity index (χ3n) is 3.17. The zero-order valence-corrected chi connectivity index (χ0v) is 11.5. The summed E-state index contributed by atoms with van der Waals surface area (Å²) in [5.41, 5.74) is 3.72. The van der Waals surface area contributed by atoms with Crippen LogP contribution < -0.4 is 0 Å². The fraction of sp³-hybridized carbons (Fsp3) is 0.118. The molecule has 2 aromatic carbocycles. The Balaban J connectivity index is 2.11. The average Bonchev–Trinajstić information content (AvgIpc) is 2.89. The number of hydrogen-bond donors (Lipinski definition) is 0. The highest BCUT2D eigenvalue weighted by molar-refractivity contribution is 6.12. The van der Waals surface area contributed by atoms with E-state index in [-0.39, 0.29) is 0 Å². The first kappa shape index (κ1) is 12.5. The summed E-state index contributed by atoms with van der Waals surface area (Å²) < 4.78 is 5.86. The zero-order chi connectivity index (χ0) is 13.9. The molecule has 0 aliphatic carbocycles. The summed E-state index contributed by atoms with van der Waals surface area (Å²) in [6.07, 6.45) is 0. The smallest absolute Gasteiger partial charge is 0.157 e. The molecule has 0 unspecified atom stereocenters. The highest BCUT2D eigenvalue weighted by Gasteiger charge is 2.13. The molecule has 1 heterocycles. The van der Waals surface area contributed by atoms with Gasteiger partial charge in [-0.15, -0.1) is 0 Å². The molecule has 0 amide bonds. The van der Waals surface area contributed by atoms with Gasteiger partial charge in [-0.1, -0.05) is 53.2 Å². The van der Waals surface area contributed by atoms with Gasteiger partial charge in [0.2, 0.25) is 0 Å². The van der Waals surface area contributed by atoms with Gasteiger partial charge in [0.05, 0.1) is 0 Å². The van der Waals surface area contributed by atoms with Gasteiger partial charge in [0, 0.05) is 10.9 Å². The lowest BCUT2D eigenvalue weighted by atomic mass is 10.1. The van der Waals surface area contributed by atoms with E-state index in [1.807, 2.05) is 54.6 Å². The summed E-state index contributed by atoms with van der Waals surface area (Å²) in [6, 6.07) is 18.0. The van der Waals surface area contributed by atoms with Crippen molar-refractivity contribution < 1.29 is 9.25 Å². The molecular weight excluding hydrogens is 250 g/mol. The second kappa shape index (κ2) is 5.21. The van der Waals surface area contributed by atoms with Gasteiger partial charge in [0.25, 0.3) is 0 Å². The Morgan fingerprint density at radius 1 is 1.05 bits per heavy atom. The number of aryl methyl sites for hydroxylation is 1. The van der Waals surface area contributed by atoms with Crippen LogP contribution in [-0.2, 0) is 4.84 Å². The Labute approximate surface area is 117 Å². The molecule has 3 heteroatoms. The van der Waals surface area contributed by atoms with Crippen LogP contribution in [0, 0.1) is 6.92 Å². The van der Waals surface area contributed by atoms with E-state index in [1.54, 1.807) is 0 Å². The molecular formula is C17H15NO2. The topological polar surface area (TPSA) is 34.7 Å². The second-order valence-electron chi connectivity index (χ2n) is 4.64. The molecule has 0 aliphatic rings. The van der Waals surface area contributed by atoms with Gasteiger partial charge in [0.15, 0.2) is 11.5 Å². The molecule has 0 saturated carbocycles. The van der Waals surface area contributed by atoms with Crippen LogP contribution in [0.4, 0.5) is 0 Å². The molecule has 0 atom stereocenters. The molecule has 3 rings (SSSR count). The molecule has 0 aliphatic heterocycles.